The minimum atomic E-state index is 0.598. The van der Waals surface area contributed by atoms with Gasteiger partial charge < -0.3 is 0 Å². The van der Waals surface area contributed by atoms with Gasteiger partial charge in [-0.05, 0) is 67.9 Å². The van der Waals surface area contributed by atoms with Crippen LogP contribution in [0.2, 0.25) is 0 Å². The molecule has 0 unspecified atom stereocenters. The van der Waals surface area contributed by atoms with Crippen LogP contribution in [0, 0.1) is 35.5 Å². The number of hydrogen-bond donors (Lipinski definition) is 0. The summed E-state index contributed by atoms with van der Waals surface area (Å²) < 4.78 is 0. The van der Waals surface area contributed by atoms with Crippen molar-refractivity contribution < 1.29 is 0 Å². The number of allylic oxidation sites excluding steroid dienone is 2. The molecule has 1 aliphatic rings. The maximum atomic E-state index is 3.43. The average molecular weight is 361 g/mol. The van der Waals surface area contributed by atoms with Crippen molar-refractivity contribution in [3.63, 3.8) is 0 Å². The molecule has 0 radical (unpaired) electrons. The zero-order valence-electron chi connectivity index (χ0n) is 17.4. The summed E-state index contributed by atoms with van der Waals surface area (Å²) in [4.78, 5) is 0. The molecule has 1 aromatic carbocycles. The Morgan fingerprint density at radius 2 is 1.59 bits per heavy atom. The highest BCUT2D eigenvalue weighted by Crippen LogP contribution is 2.31. The molecule has 144 valence electrons. The van der Waals surface area contributed by atoms with Gasteiger partial charge in [-0.25, -0.2) is 0 Å². The van der Waals surface area contributed by atoms with Gasteiger partial charge in [-0.2, -0.15) is 0 Å². The largest absolute Gasteiger partial charge is 0.0951 e. The van der Waals surface area contributed by atoms with Crippen molar-refractivity contribution in [1.29, 1.82) is 0 Å². The molecule has 0 heteroatoms. The lowest BCUT2D eigenvalue weighted by Crippen LogP contribution is -2.13. The molecule has 0 aliphatic heterocycles. The fraction of sp³-hybridized carbons (Fsp3) is 0.556. The van der Waals surface area contributed by atoms with Crippen LogP contribution in [0.15, 0.2) is 36.4 Å². The third kappa shape index (κ3) is 9.02. The molecule has 0 bridgehead atoms. The summed E-state index contributed by atoms with van der Waals surface area (Å²) in [5, 5.41) is 0. The number of hydrogen-bond acceptors (Lipinski definition) is 0. The Hall–Kier alpha value is -1.92. The van der Waals surface area contributed by atoms with E-state index < -0.39 is 0 Å². The van der Waals surface area contributed by atoms with E-state index in [1.807, 2.05) is 12.2 Å². The van der Waals surface area contributed by atoms with E-state index >= 15 is 0 Å². The van der Waals surface area contributed by atoms with Gasteiger partial charge in [0.05, 0.1) is 0 Å². The van der Waals surface area contributed by atoms with Crippen molar-refractivity contribution in [3.05, 3.63) is 47.5 Å². The van der Waals surface area contributed by atoms with Gasteiger partial charge in [0, 0.05) is 11.5 Å². The smallest absolute Gasteiger partial charge is 0.0249 e. The maximum absolute atomic E-state index is 3.43. The predicted molar refractivity (Wildman–Crippen MR) is 118 cm³/mol. The summed E-state index contributed by atoms with van der Waals surface area (Å²) in [6.45, 7) is 4.49. The van der Waals surface area contributed by atoms with Gasteiger partial charge >= 0.3 is 0 Å². The number of aryl methyl sites for hydroxylation is 1. The number of benzene rings is 1. The van der Waals surface area contributed by atoms with Gasteiger partial charge in [0.2, 0.25) is 0 Å². The zero-order valence-corrected chi connectivity index (χ0v) is 17.4. The lowest BCUT2D eigenvalue weighted by Gasteiger charge is -2.25. The molecule has 1 fully saturated rings. The highest BCUT2D eigenvalue weighted by atomic mass is 14.2. The molecule has 0 saturated heterocycles. The van der Waals surface area contributed by atoms with Crippen LogP contribution in [0.4, 0.5) is 0 Å². The normalized spacial score (nSPS) is 19.2. The van der Waals surface area contributed by atoms with Gasteiger partial charge in [0.1, 0.15) is 0 Å². The van der Waals surface area contributed by atoms with E-state index in [2.05, 4.69) is 61.8 Å². The molecule has 1 aliphatic carbocycles. The molecule has 0 spiro atoms. The molecule has 1 aromatic rings. The summed E-state index contributed by atoms with van der Waals surface area (Å²) in [5.41, 5.74) is 2.46. The fourth-order valence-electron chi connectivity index (χ4n) is 3.87. The quantitative estimate of drug-likeness (QED) is 0.353. The van der Waals surface area contributed by atoms with Gasteiger partial charge in [0.15, 0.2) is 0 Å². The van der Waals surface area contributed by atoms with E-state index in [1.165, 1.54) is 69.8 Å². The first kappa shape index (κ1) is 21.4. The maximum Gasteiger partial charge on any atom is 0.0249 e. The molecule has 0 aromatic heterocycles. The van der Waals surface area contributed by atoms with Gasteiger partial charge in [-0.1, -0.05) is 88.2 Å². The molecular weight excluding hydrogens is 324 g/mol. The van der Waals surface area contributed by atoms with Crippen LogP contribution in [-0.4, -0.2) is 0 Å². The van der Waals surface area contributed by atoms with Gasteiger partial charge in [0.25, 0.3) is 0 Å². The van der Waals surface area contributed by atoms with E-state index in [1.54, 1.807) is 0 Å². The summed E-state index contributed by atoms with van der Waals surface area (Å²) in [6, 6.07) is 8.57. The molecule has 0 amide bonds. The van der Waals surface area contributed by atoms with Crippen LogP contribution in [-0.2, 0) is 6.42 Å². The molecule has 0 nitrogen and oxygen atoms in total. The van der Waals surface area contributed by atoms with Crippen molar-refractivity contribution in [2.45, 2.75) is 84.5 Å². The topological polar surface area (TPSA) is 0 Å². The second-order valence-corrected chi connectivity index (χ2v) is 7.91. The molecule has 1 saturated carbocycles. The Kier molecular flexibility index (Phi) is 10.5. The minimum absolute atomic E-state index is 0.598. The first-order valence-corrected chi connectivity index (χ1v) is 11.1. The lowest BCUT2D eigenvalue weighted by atomic mass is 9.80. The van der Waals surface area contributed by atoms with Crippen LogP contribution in [0.25, 0.3) is 0 Å². The molecule has 0 heterocycles. The standard InChI is InChI=1S/C27H36/c1-3-5-6-9-13-25-20-22-27(23-21-25)15-11-8-7-10-14-26-18-16-24(12-4-2)17-19-26/h7-8,16-19,25,27H,3-6,9,12-13,20-23H2,1-2H3/b8-7+/t25-,27-. The molecule has 2 rings (SSSR count). The summed E-state index contributed by atoms with van der Waals surface area (Å²) in [6.07, 6.45) is 18.5. The van der Waals surface area contributed by atoms with E-state index in [0.717, 1.165) is 17.9 Å². The third-order valence-electron chi connectivity index (χ3n) is 5.56. The van der Waals surface area contributed by atoms with Crippen molar-refractivity contribution in [2.24, 2.45) is 11.8 Å². The fourth-order valence-corrected chi connectivity index (χ4v) is 3.87. The molecule has 27 heavy (non-hydrogen) atoms. The van der Waals surface area contributed by atoms with Crippen molar-refractivity contribution in [3.8, 4) is 23.7 Å². The highest BCUT2D eigenvalue weighted by Gasteiger charge is 2.19. The van der Waals surface area contributed by atoms with Crippen LogP contribution < -0.4 is 0 Å². The SMILES string of the molecule is CCCCCC[C@H]1CC[C@H](C#C/C=C/C#Cc2ccc(CCC)cc2)CC1. The zero-order chi connectivity index (χ0) is 19.2. The Balaban J connectivity index is 1.67. The Morgan fingerprint density at radius 1 is 0.852 bits per heavy atom. The van der Waals surface area contributed by atoms with Crippen LogP contribution in [0.3, 0.4) is 0 Å². The van der Waals surface area contributed by atoms with Crippen molar-refractivity contribution >= 4 is 0 Å². The first-order valence-electron chi connectivity index (χ1n) is 11.1. The average Bonchev–Trinajstić information content (AvgIpc) is 2.70. The van der Waals surface area contributed by atoms with Crippen LogP contribution in [0.1, 0.15) is 89.2 Å². The number of rotatable bonds is 7. The van der Waals surface area contributed by atoms with Gasteiger partial charge in [-0.3, -0.25) is 0 Å². The molecular formula is C27H36. The van der Waals surface area contributed by atoms with Crippen LogP contribution in [0.5, 0.6) is 0 Å². The third-order valence-corrected chi connectivity index (χ3v) is 5.56. The summed E-state index contributed by atoms with van der Waals surface area (Å²) in [7, 11) is 0. The van der Waals surface area contributed by atoms with E-state index in [4.69, 9.17) is 0 Å². The van der Waals surface area contributed by atoms with Crippen LogP contribution >= 0.6 is 0 Å². The van der Waals surface area contributed by atoms with Gasteiger partial charge in [-0.15, -0.1) is 0 Å². The first-order chi connectivity index (χ1) is 13.3. The van der Waals surface area contributed by atoms with Crippen molar-refractivity contribution in [1.82, 2.24) is 0 Å². The molecule has 0 N–H and O–H groups in total. The Bertz CT molecular complexity index is 661. The Labute approximate surface area is 167 Å². The van der Waals surface area contributed by atoms with E-state index in [0.29, 0.717) is 5.92 Å². The lowest BCUT2D eigenvalue weighted by molar-refractivity contribution is 0.294. The molecule has 0 atom stereocenters. The summed E-state index contributed by atoms with van der Waals surface area (Å²) >= 11 is 0. The van der Waals surface area contributed by atoms with E-state index in [-0.39, 0.29) is 0 Å². The second kappa shape index (κ2) is 13.3. The summed E-state index contributed by atoms with van der Waals surface area (Å²) in [5.74, 6) is 14.5. The minimum Gasteiger partial charge on any atom is -0.0951 e. The number of unbranched alkanes of at least 4 members (excludes halogenated alkanes) is 3. The highest BCUT2D eigenvalue weighted by molar-refractivity contribution is 5.39. The van der Waals surface area contributed by atoms with E-state index in [9.17, 15) is 0 Å². The Morgan fingerprint density at radius 3 is 2.30 bits per heavy atom. The monoisotopic (exact) mass is 360 g/mol. The predicted octanol–water partition coefficient (Wildman–Crippen LogP) is 7.33. The van der Waals surface area contributed by atoms with Crippen molar-refractivity contribution in [2.75, 3.05) is 0 Å². The second-order valence-electron chi connectivity index (χ2n) is 7.91.